The monoisotopic (exact) mass is 436 g/mol. The van der Waals surface area contributed by atoms with E-state index in [9.17, 15) is 9.90 Å². The van der Waals surface area contributed by atoms with Crippen molar-refractivity contribution in [1.82, 2.24) is 9.88 Å². The number of hydrogen-bond donors (Lipinski definition) is 1. The molecule has 3 heterocycles. The fraction of sp³-hybridized carbons (Fsp3) is 0.538. The second kappa shape index (κ2) is 10.0. The van der Waals surface area contributed by atoms with E-state index in [0.29, 0.717) is 0 Å². The molecule has 2 aromatic rings. The number of likely N-dealkylation sites (N-methyl/N-ethyl adjacent to an activating group) is 1. The Morgan fingerprint density at radius 1 is 1.09 bits per heavy atom. The molecule has 32 heavy (non-hydrogen) atoms. The molecule has 0 radical (unpaired) electrons. The molecule has 0 bridgehead atoms. The van der Waals surface area contributed by atoms with Gasteiger partial charge < -0.3 is 19.8 Å². The van der Waals surface area contributed by atoms with Crippen LogP contribution in [0.3, 0.4) is 0 Å². The smallest absolute Gasteiger partial charge is 0.230 e. The standard InChI is InChI=1S/C26H36N4O2/c1-4-23(19(2)31)24-10-9-22(18-27-24)30-12-11-21(26(30)32)17-20-7-5-6-8-25(20)29-15-13-28(3)14-16-29/h5-10,18-19,21,23,31H,4,11-17H2,1-3H3/t19?,21-,23?/m0/s1. The highest BCUT2D eigenvalue weighted by atomic mass is 16.3. The number of aromatic nitrogens is 1. The predicted molar refractivity (Wildman–Crippen MR) is 129 cm³/mol. The van der Waals surface area contributed by atoms with Crippen LogP contribution < -0.4 is 9.80 Å². The van der Waals surface area contributed by atoms with Crippen LogP contribution in [0.2, 0.25) is 0 Å². The van der Waals surface area contributed by atoms with E-state index in [4.69, 9.17) is 0 Å². The van der Waals surface area contributed by atoms with Gasteiger partial charge in [0.15, 0.2) is 0 Å². The first kappa shape index (κ1) is 22.7. The maximum absolute atomic E-state index is 13.3. The van der Waals surface area contributed by atoms with E-state index in [1.807, 2.05) is 17.0 Å². The summed E-state index contributed by atoms with van der Waals surface area (Å²) in [7, 11) is 2.17. The molecule has 172 valence electrons. The summed E-state index contributed by atoms with van der Waals surface area (Å²) in [4.78, 5) is 24.5. The highest BCUT2D eigenvalue weighted by molar-refractivity contribution is 5.97. The summed E-state index contributed by atoms with van der Waals surface area (Å²) in [5, 5.41) is 9.98. The van der Waals surface area contributed by atoms with E-state index in [0.717, 1.165) is 63.4 Å². The van der Waals surface area contributed by atoms with Gasteiger partial charge in [0.2, 0.25) is 5.91 Å². The average Bonchev–Trinajstić information content (AvgIpc) is 3.15. The molecule has 1 aromatic carbocycles. The Balaban J connectivity index is 1.45. The number of rotatable bonds is 7. The largest absolute Gasteiger partial charge is 0.393 e. The van der Waals surface area contributed by atoms with E-state index < -0.39 is 6.10 Å². The number of amides is 1. The lowest BCUT2D eigenvalue weighted by Crippen LogP contribution is -2.44. The molecular formula is C26H36N4O2. The zero-order valence-electron chi connectivity index (χ0n) is 19.6. The molecule has 1 aromatic heterocycles. The summed E-state index contributed by atoms with van der Waals surface area (Å²) in [5.41, 5.74) is 4.29. The second-order valence-electron chi connectivity index (χ2n) is 9.30. The van der Waals surface area contributed by atoms with Gasteiger partial charge >= 0.3 is 0 Å². The number of anilines is 2. The third-order valence-electron chi connectivity index (χ3n) is 7.10. The summed E-state index contributed by atoms with van der Waals surface area (Å²) in [6.45, 7) is 8.79. The first-order chi connectivity index (χ1) is 15.5. The predicted octanol–water partition coefficient (Wildman–Crippen LogP) is 3.30. The normalized spacial score (nSPS) is 21.8. The molecule has 2 fully saturated rings. The highest BCUT2D eigenvalue weighted by Crippen LogP contribution is 2.31. The molecule has 2 aliphatic heterocycles. The van der Waals surface area contributed by atoms with Gasteiger partial charge in [-0.1, -0.05) is 25.1 Å². The molecule has 1 amide bonds. The van der Waals surface area contributed by atoms with Gasteiger partial charge in [0.1, 0.15) is 0 Å². The Kier molecular flexibility index (Phi) is 7.11. The van der Waals surface area contributed by atoms with Crippen molar-refractivity contribution in [2.45, 2.75) is 45.1 Å². The molecule has 4 rings (SSSR count). The zero-order valence-corrected chi connectivity index (χ0v) is 19.6. The molecule has 0 aliphatic carbocycles. The molecule has 6 heteroatoms. The molecular weight excluding hydrogens is 400 g/mol. The average molecular weight is 437 g/mol. The fourth-order valence-electron chi connectivity index (χ4n) is 5.06. The van der Waals surface area contributed by atoms with Crippen LogP contribution in [-0.4, -0.2) is 66.8 Å². The van der Waals surface area contributed by atoms with Crippen molar-refractivity contribution >= 4 is 17.3 Å². The Hall–Kier alpha value is -2.44. The van der Waals surface area contributed by atoms with Gasteiger partial charge in [-0.25, -0.2) is 0 Å². The number of aliphatic hydroxyl groups excluding tert-OH is 1. The SMILES string of the molecule is CCC(c1ccc(N2CC[C@@H](Cc3ccccc3N3CCN(C)CC3)C2=O)cn1)C(C)O. The van der Waals surface area contributed by atoms with Crippen LogP contribution >= 0.6 is 0 Å². The molecule has 1 N–H and O–H groups in total. The van der Waals surface area contributed by atoms with Gasteiger partial charge in [0.05, 0.1) is 18.0 Å². The summed E-state index contributed by atoms with van der Waals surface area (Å²) in [5.74, 6) is 0.219. The van der Waals surface area contributed by atoms with Gasteiger partial charge in [-0.2, -0.15) is 0 Å². The molecule has 0 saturated carbocycles. The lowest BCUT2D eigenvalue weighted by Gasteiger charge is -2.35. The summed E-state index contributed by atoms with van der Waals surface area (Å²) in [6, 6.07) is 12.5. The van der Waals surface area contributed by atoms with Crippen molar-refractivity contribution in [2.24, 2.45) is 5.92 Å². The number of benzene rings is 1. The van der Waals surface area contributed by atoms with Crippen LogP contribution in [-0.2, 0) is 11.2 Å². The number of carbonyl (C=O) groups excluding carboxylic acids is 1. The van der Waals surface area contributed by atoms with Gasteiger partial charge in [-0.05, 0) is 57.0 Å². The summed E-state index contributed by atoms with van der Waals surface area (Å²) >= 11 is 0. The first-order valence-electron chi connectivity index (χ1n) is 11.9. The minimum absolute atomic E-state index is 0.00384. The zero-order chi connectivity index (χ0) is 22.7. The molecule has 2 saturated heterocycles. The molecule has 2 aliphatic rings. The van der Waals surface area contributed by atoms with Crippen LogP contribution in [0.4, 0.5) is 11.4 Å². The number of para-hydroxylation sites is 1. The van der Waals surface area contributed by atoms with Crippen LogP contribution in [0.15, 0.2) is 42.6 Å². The van der Waals surface area contributed by atoms with Gasteiger partial charge in [0.25, 0.3) is 0 Å². The molecule has 0 spiro atoms. The minimum Gasteiger partial charge on any atom is -0.393 e. The minimum atomic E-state index is -0.434. The van der Waals surface area contributed by atoms with Crippen molar-refractivity contribution in [3.8, 4) is 0 Å². The van der Waals surface area contributed by atoms with Gasteiger partial charge in [0, 0.05) is 55.9 Å². The van der Waals surface area contributed by atoms with E-state index in [-0.39, 0.29) is 17.7 Å². The quantitative estimate of drug-likeness (QED) is 0.722. The van der Waals surface area contributed by atoms with E-state index >= 15 is 0 Å². The Morgan fingerprint density at radius 2 is 1.84 bits per heavy atom. The van der Waals surface area contributed by atoms with E-state index in [2.05, 4.69) is 53.0 Å². The third-order valence-corrected chi connectivity index (χ3v) is 7.10. The highest BCUT2D eigenvalue weighted by Gasteiger charge is 2.33. The Morgan fingerprint density at radius 3 is 2.50 bits per heavy atom. The summed E-state index contributed by atoms with van der Waals surface area (Å²) < 4.78 is 0. The van der Waals surface area contributed by atoms with Gasteiger partial charge in [-0.3, -0.25) is 9.78 Å². The molecule has 3 atom stereocenters. The van der Waals surface area contributed by atoms with E-state index in [1.54, 1.807) is 13.1 Å². The van der Waals surface area contributed by atoms with Crippen LogP contribution in [0.25, 0.3) is 0 Å². The number of nitrogens with zero attached hydrogens (tertiary/aromatic N) is 4. The number of aliphatic hydroxyl groups is 1. The van der Waals surface area contributed by atoms with Crippen LogP contribution in [0.1, 0.15) is 43.9 Å². The van der Waals surface area contributed by atoms with Crippen LogP contribution in [0.5, 0.6) is 0 Å². The Labute approximate surface area is 191 Å². The van der Waals surface area contributed by atoms with E-state index in [1.165, 1.54) is 11.3 Å². The Bertz CT molecular complexity index is 906. The van der Waals surface area contributed by atoms with Crippen LogP contribution in [0, 0.1) is 5.92 Å². The van der Waals surface area contributed by atoms with Gasteiger partial charge in [-0.15, -0.1) is 0 Å². The lowest BCUT2D eigenvalue weighted by atomic mass is 9.96. The number of hydrogen-bond acceptors (Lipinski definition) is 5. The molecule has 6 nitrogen and oxygen atoms in total. The summed E-state index contributed by atoms with van der Waals surface area (Å²) in [6.07, 6.45) is 3.84. The van der Waals surface area contributed by atoms with Crippen molar-refractivity contribution < 1.29 is 9.90 Å². The lowest BCUT2D eigenvalue weighted by molar-refractivity contribution is -0.120. The van der Waals surface area contributed by atoms with Crippen molar-refractivity contribution in [1.29, 1.82) is 0 Å². The molecule has 2 unspecified atom stereocenters. The van der Waals surface area contributed by atoms with Crippen molar-refractivity contribution in [2.75, 3.05) is 49.6 Å². The second-order valence-corrected chi connectivity index (χ2v) is 9.30. The fourth-order valence-corrected chi connectivity index (χ4v) is 5.06. The van der Waals surface area contributed by atoms with Crippen molar-refractivity contribution in [3.63, 3.8) is 0 Å². The number of carbonyl (C=O) groups is 1. The third kappa shape index (κ3) is 4.81. The number of piperazine rings is 1. The van der Waals surface area contributed by atoms with Crippen molar-refractivity contribution in [3.05, 3.63) is 53.9 Å². The topological polar surface area (TPSA) is 59.9 Å². The maximum Gasteiger partial charge on any atom is 0.230 e. The first-order valence-corrected chi connectivity index (χ1v) is 11.9. The maximum atomic E-state index is 13.3. The number of pyridine rings is 1.